The van der Waals surface area contributed by atoms with E-state index in [4.69, 9.17) is 0 Å². The van der Waals surface area contributed by atoms with Crippen LogP contribution in [0.4, 0.5) is 0 Å². The highest BCUT2D eigenvalue weighted by atomic mass is 16.3. The van der Waals surface area contributed by atoms with Crippen molar-refractivity contribution in [2.75, 3.05) is 28.2 Å². The Labute approximate surface area is 117 Å². The summed E-state index contributed by atoms with van der Waals surface area (Å²) >= 11 is 0. The minimum atomic E-state index is 0.461. The molecular formula is C16H28N2O. The van der Waals surface area contributed by atoms with Crippen LogP contribution < -0.4 is 0 Å². The van der Waals surface area contributed by atoms with Crippen LogP contribution in [0, 0.1) is 0 Å². The smallest absolute Gasteiger partial charge is 0.124 e. The van der Waals surface area contributed by atoms with Crippen molar-refractivity contribution >= 4 is 0 Å². The molecule has 1 aromatic rings. The van der Waals surface area contributed by atoms with Gasteiger partial charge >= 0.3 is 0 Å². The molecule has 0 bridgehead atoms. The van der Waals surface area contributed by atoms with E-state index in [2.05, 4.69) is 28.9 Å². The predicted molar refractivity (Wildman–Crippen MR) is 81.5 cm³/mol. The van der Waals surface area contributed by atoms with E-state index in [9.17, 15) is 5.11 Å². The molecular weight excluding hydrogens is 236 g/mol. The molecule has 0 unspecified atom stereocenters. The highest BCUT2D eigenvalue weighted by Gasteiger charge is 2.11. The largest absolute Gasteiger partial charge is 0.507 e. The molecule has 19 heavy (non-hydrogen) atoms. The maximum Gasteiger partial charge on any atom is 0.124 e. The summed E-state index contributed by atoms with van der Waals surface area (Å²) < 4.78 is 0. The molecule has 3 heteroatoms. The summed E-state index contributed by atoms with van der Waals surface area (Å²) in [7, 11) is 8.13. The maximum absolute atomic E-state index is 10.4. The lowest BCUT2D eigenvalue weighted by Crippen LogP contribution is -2.14. The van der Waals surface area contributed by atoms with Crippen LogP contribution in [0.1, 0.15) is 36.5 Å². The number of benzene rings is 1. The molecule has 108 valence electrons. The van der Waals surface area contributed by atoms with Gasteiger partial charge in [-0.2, -0.15) is 0 Å². The van der Waals surface area contributed by atoms with Crippen molar-refractivity contribution < 1.29 is 5.11 Å². The van der Waals surface area contributed by atoms with Crippen LogP contribution in [0.2, 0.25) is 0 Å². The summed E-state index contributed by atoms with van der Waals surface area (Å²) in [5.74, 6) is 0.461. The zero-order valence-corrected chi connectivity index (χ0v) is 13.0. The number of phenolic OH excluding ortho intramolecular Hbond substituents is 1. The minimum absolute atomic E-state index is 0.461. The van der Waals surface area contributed by atoms with Crippen molar-refractivity contribution in [1.82, 2.24) is 9.80 Å². The van der Waals surface area contributed by atoms with Gasteiger partial charge < -0.3 is 14.9 Å². The fourth-order valence-corrected chi connectivity index (χ4v) is 2.28. The molecule has 0 radical (unpaired) electrons. The SMILES string of the molecule is CCCCc1cc(CN(C)C)c(O)c(CN(C)C)c1. The van der Waals surface area contributed by atoms with E-state index in [1.807, 2.05) is 28.2 Å². The molecule has 0 spiro atoms. The molecule has 0 amide bonds. The molecule has 1 rings (SSSR count). The number of aromatic hydroxyl groups is 1. The van der Waals surface area contributed by atoms with E-state index in [1.54, 1.807) is 0 Å². The lowest BCUT2D eigenvalue weighted by molar-refractivity contribution is 0.368. The fourth-order valence-electron chi connectivity index (χ4n) is 2.28. The molecule has 1 aromatic carbocycles. The number of phenols is 1. The van der Waals surface area contributed by atoms with Gasteiger partial charge in [-0.1, -0.05) is 25.5 Å². The van der Waals surface area contributed by atoms with Gasteiger partial charge in [0.2, 0.25) is 0 Å². The number of rotatable bonds is 7. The van der Waals surface area contributed by atoms with Gasteiger partial charge in [-0.15, -0.1) is 0 Å². The third kappa shape index (κ3) is 5.21. The monoisotopic (exact) mass is 264 g/mol. The summed E-state index contributed by atoms with van der Waals surface area (Å²) in [6, 6.07) is 4.31. The van der Waals surface area contributed by atoms with E-state index in [0.717, 1.165) is 30.6 Å². The third-order valence-electron chi connectivity index (χ3n) is 3.12. The van der Waals surface area contributed by atoms with Gasteiger partial charge in [0.1, 0.15) is 5.75 Å². The van der Waals surface area contributed by atoms with Crippen LogP contribution in [0.15, 0.2) is 12.1 Å². The summed E-state index contributed by atoms with van der Waals surface area (Å²) in [5.41, 5.74) is 3.42. The normalized spacial score (nSPS) is 11.5. The summed E-state index contributed by atoms with van der Waals surface area (Å²) in [6.45, 7) is 3.78. The van der Waals surface area contributed by atoms with Crippen LogP contribution in [0.3, 0.4) is 0 Å². The van der Waals surface area contributed by atoms with Gasteiger partial charge in [0, 0.05) is 24.2 Å². The van der Waals surface area contributed by atoms with Crippen LogP contribution >= 0.6 is 0 Å². The van der Waals surface area contributed by atoms with Crippen molar-refractivity contribution in [2.45, 2.75) is 39.3 Å². The lowest BCUT2D eigenvalue weighted by atomic mass is 9.99. The van der Waals surface area contributed by atoms with Crippen molar-refractivity contribution in [3.63, 3.8) is 0 Å². The molecule has 0 saturated heterocycles. The van der Waals surface area contributed by atoms with Crippen molar-refractivity contribution in [2.24, 2.45) is 0 Å². The van der Waals surface area contributed by atoms with Crippen LogP contribution in [-0.2, 0) is 19.5 Å². The Morgan fingerprint density at radius 3 is 1.79 bits per heavy atom. The van der Waals surface area contributed by atoms with Gasteiger partial charge in [-0.25, -0.2) is 0 Å². The summed E-state index contributed by atoms with van der Waals surface area (Å²) in [4.78, 5) is 4.19. The molecule has 0 atom stereocenters. The Kier molecular flexibility index (Phi) is 6.32. The number of unbranched alkanes of at least 4 members (excludes halogenated alkanes) is 1. The zero-order chi connectivity index (χ0) is 14.4. The van der Waals surface area contributed by atoms with Gasteiger partial charge in [0.25, 0.3) is 0 Å². The van der Waals surface area contributed by atoms with E-state index >= 15 is 0 Å². The predicted octanol–water partition coefficient (Wildman–Crippen LogP) is 2.86. The topological polar surface area (TPSA) is 26.7 Å². The van der Waals surface area contributed by atoms with Gasteiger partial charge in [-0.05, 0) is 46.6 Å². The molecule has 0 aromatic heterocycles. The molecule has 3 nitrogen and oxygen atoms in total. The average Bonchev–Trinajstić information content (AvgIpc) is 2.30. The van der Waals surface area contributed by atoms with Gasteiger partial charge in [-0.3, -0.25) is 0 Å². The first-order chi connectivity index (χ1) is 8.93. The Hall–Kier alpha value is -1.06. The Bertz CT molecular complexity index is 369. The molecule has 0 aliphatic heterocycles. The molecule has 0 heterocycles. The van der Waals surface area contributed by atoms with Crippen molar-refractivity contribution in [1.29, 1.82) is 0 Å². The Balaban J connectivity index is 3.06. The van der Waals surface area contributed by atoms with Crippen LogP contribution in [0.5, 0.6) is 5.75 Å². The first-order valence-corrected chi connectivity index (χ1v) is 7.07. The fraction of sp³-hybridized carbons (Fsp3) is 0.625. The van der Waals surface area contributed by atoms with Gasteiger partial charge in [0.05, 0.1) is 0 Å². The zero-order valence-electron chi connectivity index (χ0n) is 13.0. The summed E-state index contributed by atoms with van der Waals surface area (Å²) in [5, 5.41) is 10.4. The standard InChI is InChI=1S/C16H28N2O/c1-6-7-8-13-9-14(11-17(2)3)16(19)15(10-13)12-18(4)5/h9-10,19H,6-8,11-12H2,1-5H3. The van der Waals surface area contributed by atoms with E-state index < -0.39 is 0 Å². The lowest BCUT2D eigenvalue weighted by Gasteiger charge is -2.18. The first-order valence-electron chi connectivity index (χ1n) is 7.07. The average molecular weight is 264 g/mol. The quantitative estimate of drug-likeness (QED) is 0.820. The van der Waals surface area contributed by atoms with Crippen LogP contribution in [-0.4, -0.2) is 43.1 Å². The van der Waals surface area contributed by atoms with Gasteiger partial charge in [0.15, 0.2) is 0 Å². The molecule has 0 aliphatic carbocycles. The second-order valence-corrected chi connectivity index (χ2v) is 5.84. The molecule has 0 fully saturated rings. The molecule has 1 N–H and O–H groups in total. The van der Waals surface area contributed by atoms with Crippen molar-refractivity contribution in [3.8, 4) is 5.75 Å². The van der Waals surface area contributed by atoms with Crippen LogP contribution in [0.25, 0.3) is 0 Å². The highest BCUT2D eigenvalue weighted by molar-refractivity contribution is 5.44. The van der Waals surface area contributed by atoms with Crippen molar-refractivity contribution in [3.05, 3.63) is 28.8 Å². The number of aryl methyl sites for hydroxylation is 1. The molecule has 0 aliphatic rings. The Morgan fingerprint density at radius 1 is 0.947 bits per heavy atom. The molecule has 0 saturated carbocycles. The maximum atomic E-state index is 10.4. The minimum Gasteiger partial charge on any atom is -0.507 e. The number of hydrogen-bond donors (Lipinski definition) is 1. The number of nitrogens with zero attached hydrogens (tertiary/aromatic N) is 2. The van der Waals surface area contributed by atoms with E-state index in [0.29, 0.717) is 5.75 Å². The summed E-state index contributed by atoms with van der Waals surface area (Å²) in [6.07, 6.45) is 3.50. The Morgan fingerprint density at radius 2 is 1.42 bits per heavy atom. The third-order valence-corrected chi connectivity index (χ3v) is 3.12. The van der Waals surface area contributed by atoms with E-state index in [1.165, 1.54) is 18.4 Å². The highest BCUT2D eigenvalue weighted by Crippen LogP contribution is 2.27. The first kappa shape index (κ1) is 16.0. The second kappa shape index (κ2) is 7.51. The number of hydrogen-bond acceptors (Lipinski definition) is 3. The second-order valence-electron chi connectivity index (χ2n) is 5.84. The van der Waals surface area contributed by atoms with E-state index in [-0.39, 0.29) is 0 Å².